The maximum Gasteiger partial charge on any atom is 0.303 e. The number of rotatable bonds is 16. The van der Waals surface area contributed by atoms with Gasteiger partial charge < -0.3 is 5.11 Å². The molecule has 0 atom stereocenters. The van der Waals surface area contributed by atoms with Gasteiger partial charge in [0.15, 0.2) is 0 Å². The van der Waals surface area contributed by atoms with Crippen molar-refractivity contribution in [3.8, 4) is 0 Å². The molecule has 0 bridgehead atoms. The molecular formula is C18H36GdO2. The van der Waals surface area contributed by atoms with E-state index in [1.165, 1.54) is 83.5 Å². The van der Waals surface area contributed by atoms with Gasteiger partial charge in [-0.25, -0.2) is 0 Å². The summed E-state index contributed by atoms with van der Waals surface area (Å²) in [6.07, 6.45) is 20.2. The van der Waals surface area contributed by atoms with E-state index >= 15 is 0 Å². The van der Waals surface area contributed by atoms with Crippen molar-refractivity contribution in [2.75, 3.05) is 0 Å². The fraction of sp³-hybridized carbons (Fsp3) is 0.944. The Morgan fingerprint density at radius 2 is 0.905 bits per heavy atom. The van der Waals surface area contributed by atoms with E-state index in [4.69, 9.17) is 5.11 Å². The first-order valence-corrected chi connectivity index (χ1v) is 8.99. The SMILES string of the molecule is CCCCCCCCCCCCCCCCCC(=O)O.[Gd]. The Balaban J connectivity index is 0. The van der Waals surface area contributed by atoms with E-state index in [2.05, 4.69) is 6.92 Å². The summed E-state index contributed by atoms with van der Waals surface area (Å²) in [5.74, 6) is -0.653. The molecule has 0 saturated heterocycles. The van der Waals surface area contributed by atoms with Crippen molar-refractivity contribution >= 4 is 5.97 Å². The summed E-state index contributed by atoms with van der Waals surface area (Å²) in [6.45, 7) is 2.27. The van der Waals surface area contributed by atoms with Crippen molar-refractivity contribution in [2.45, 2.75) is 110 Å². The van der Waals surface area contributed by atoms with Crippen molar-refractivity contribution in [1.82, 2.24) is 0 Å². The van der Waals surface area contributed by atoms with Gasteiger partial charge in [0, 0.05) is 46.4 Å². The summed E-state index contributed by atoms with van der Waals surface area (Å²) in [5, 5.41) is 8.52. The van der Waals surface area contributed by atoms with Crippen LogP contribution < -0.4 is 0 Å². The molecule has 0 aromatic rings. The van der Waals surface area contributed by atoms with Crippen LogP contribution in [0.4, 0.5) is 0 Å². The van der Waals surface area contributed by atoms with E-state index in [1.807, 2.05) is 0 Å². The minimum absolute atomic E-state index is 0. The maximum absolute atomic E-state index is 10.3. The summed E-state index contributed by atoms with van der Waals surface area (Å²) in [5.41, 5.74) is 0. The van der Waals surface area contributed by atoms with Crippen LogP contribution in [0.3, 0.4) is 0 Å². The number of carbonyl (C=O) groups is 1. The largest absolute Gasteiger partial charge is 0.481 e. The average Bonchev–Trinajstić information content (AvgIpc) is 2.43. The molecular weight excluding hydrogens is 405 g/mol. The van der Waals surface area contributed by atoms with Gasteiger partial charge in [-0.2, -0.15) is 0 Å². The molecule has 2 nitrogen and oxygen atoms in total. The van der Waals surface area contributed by atoms with Crippen molar-refractivity contribution < 1.29 is 49.8 Å². The molecule has 0 aromatic carbocycles. The molecule has 0 aliphatic carbocycles. The normalized spacial score (nSPS) is 10.3. The van der Waals surface area contributed by atoms with Crippen LogP contribution in [-0.4, -0.2) is 11.1 Å². The van der Waals surface area contributed by atoms with Crippen LogP contribution >= 0.6 is 0 Å². The van der Waals surface area contributed by atoms with E-state index in [0.717, 1.165) is 12.8 Å². The quantitative estimate of drug-likeness (QED) is 0.284. The second-order valence-electron chi connectivity index (χ2n) is 6.09. The first-order valence-electron chi connectivity index (χ1n) is 8.99. The van der Waals surface area contributed by atoms with E-state index in [1.54, 1.807) is 0 Å². The predicted molar refractivity (Wildman–Crippen MR) is 87.2 cm³/mol. The number of aliphatic carboxylic acids is 1. The van der Waals surface area contributed by atoms with Crippen LogP contribution in [0.15, 0.2) is 0 Å². The fourth-order valence-corrected chi connectivity index (χ4v) is 2.65. The smallest absolute Gasteiger partial charge is 0.303 e. The van der Waals surface area contributed by atoms with Crippen LogP contribution in [0.25, 0.3) is 0 Å². The fourth-order valence-electron chi connectivity index (χ4n) is 2.65. The Hall–Kier alpha value is 0.795. The first-order chi connectivity index (χ1) is 9.77. The first kappa shape index (κ1) is 24.1. The van der Waals surface area contributed by atoms with Crippen molar-refractivity contribution in [1.29, 1.82) is 0 Å². The molecule has 0 aliphatic heterocycles. The van der Waals surface area contributed by atoms with E-state index in [0.29, 0.717) is 6.42 Å². The van der Waals surface area contributed by atoms with Gasteiger partial charge in [0.25, 0.3) is 0 Å². The molecule has 0 amide bonds. The van der Waals surface area contributed by atoms with Crippen LogP contribution in [0.5, 0.6) is 0 Å². The zero-order chi connectivity index (χ0) is 14.9. The molecule has 0 aliphatic rings. The second kappa shape index (κ2) is 20.8. The Bertz CT molecular complexity index is 207. The number of unbranched alkanes of at least 4 members (excludes halogenated alkanes) is 14. The zero-order valence-electron chi connectivity index (χ0n) is 14.0. The molecule has 0 radical (unpaired) electrons. The number of hydrogen-bond acceptors (Lipinski definition) is 1. The summed E-state index contributed by atoms with van der Waals surface area (Å²) in [7, 11) is 0. The molecule has 0 fully saturated rings. The summed E-state index contributed by atoms with van der Waals surface area (Å²) >= 11 is 0. The minimum atomic E-state index is -0.653. The molecule has 0 aromatic heterocycles. The third-order valence-corrected chi connectivity index (χ3v) is 3.99. The molecule has 21 heavy (non-hydrogen) atoms. The Morgan fingerprint density at radius 1 is 0.619 bits per heavy atom. The van der Waals surface area contributed by atoms with Crippen LogP contribution in [0.1, 0.15) is 110 Å². The molecule has 128 valence electrons. The number of carboxylic acid groups (broad SMARTS) is 1. The molecule has 0 spiro atoms. The maximum atomic E-state index is 10.3. The Kier molecular flexibility index (Phi) is 23.8. The van der Waals surface area contributed by atoms with Gasteiger partial charge in [-0.3, -0.25) is 4.79 Å². The predicted octanol–water partition coefficient (Wildman–Crippen LogP) is 6.33. The van der Waals surface area contributed by atoms with E-state index < -0.39 is 5.97 Å². The zero-order valence-corrected chi connectivity index (χ0v) is 16.3. The molecule has 0 heterocycles. The average molecular weight is 442 g/mol. The third-order valence-electron chi connectivity index (χ3n) is 3.99. The third kappa shape index (κ3) is 23.2. The van der Waals surface area contributed by atoms with Gasteiger partial charge in [0.1, 0.15) is 0 Å². The Labute approximate surface area is 164 Å². The molecule has 3 heteroatoms. The summed E-state index contributed by atoms with van der Waals surface area (Å²) in [6, 6.07) is 0. The summed E-state index contributed by atoms with van der Waals surface area (Å²) < 4.78 is 0. The topological polar surface area (TPSA) is 37.3 Å². The number of carboxylic acids is 1. The van der Waals surface area contributed by atoms with Crippen LogP contribution in [0, 0.1) is 39.9 Å². The minimum Gasteiger partial charge on any atom is -0.481 e. The van der Waals surface area contributed by atoms with Gasteiger partial charge in [-0.05, 0) is 6.42 Å². The van der Waals surface area contributed by atoms with E-state index in [-0.39, 0.29) is 39.9 Å². The number of hydrogen-bond donors (Lipinski definition) is 1. The van der Waals surface area contributed by atoms with Crippen molar-refractivity contribution in [2.24, 2.45) is 0 Å². The molecule has 0 unspecified atom stereocenters. The van der Waals surface area contributed by atoms with Gasteiger partial charge in [0.05, 0.1) is 0 Å². The molecule has 0 rings (SSSR count). The monoisotopic (exact) mass is 442 g/mol. The standard InChI is InChI=1S/C18H36O2.Gd/c1-2-3-4-5-6-7-8-9-10-11-12-13-14-15-16-17-18(19)20;/h2-17H2,1H3,(H,19,20);. The van der Waals surface area contributed by atoms with Crippen molar-refractivity contribution in [3.63, 3.8) is 0 Å². The van der Waals surface area contributed by atoms with Crippen molar-refractivity contribution in [3.05, 3.63) is 0 Å². The van der Waals surface area contributed by atoms with Gasteiger partial charge in [-0.1, -0.05) is 96.8 Å². The van der Waals surface area contributed by atoms with Crippen LogP contribution in [0.2, 0.25) is 0 Å². The second-order valence-corrected chi connectivity index (χ2v) is 6.09. The summed E-state index contributed by atoms with van der Waals surface area (Å²) in [4.78, 5) is 10.3. The molecule has 0 saturated carbocycles. The molecule has 1 N–H and O–H groups in total. The van der Waals surface area contributed by atoms with Gasteiger partial charge >= 0.3 is 5.97 Å². The van der Waals surface area contributed by atoms with Gasteiger partial charge in [-0.15, -0.1) is 0 Å². The van der Waals surface area contributed by atoms with Crippen LogP contribution in [-0.2, 0) is 4.79 Å². The van der Waals surface area contributed by atoms with Gasteiger partial charge in [0.2, 0.25) is 0 Å². The Morgan fingerprint density at radius 3 is 1.19 bits per heavy atom. The van der Waals surface area contributed by atoms with E-state index in [9.17, 15) is 4.79 Å².